The second kappa shape index (κ2) is 11.3. The van der Waals surface area contributed by atoms with Crippen LogP contribution in [0.2, 0.25) is 19.6 Å². The molecule has 2 atom stereocenters. The van der Waals surface area contributed by atoms with Gasteiger partial charge in [0.05, 0.1) is 20.2 Å². The fourth-order valence-electron chi connectivity index (χ4n) is 7.77. The number of hydrogen-bond donors (Lipinski definition) is 0. The third kappa shape index (κ3) is 5.19. The molecule has 5 heterocycles. The summed E-state index contributed by atoms with van der Waals surface area (Å²) in [5.74, 6) is 0.798. The number of furan rings is 1. The summed E-state index contributed by atoms with van der Waals surface area (Å²) in [6, 6.07) is 20.6. The number of allylic oxidation sites excluding steroid dienone is 3. The fraction of sp³-hybridized carbons (Fsp3) is 0.341. The van der Waals surface area contributed by atoms with Crippen molar-refractivity contribution in [3.05, 3.63) is 113 Å². The first-order valence-electron chi connectivity index (χ1n) is 16.8. The number of aliphatic imine (C=N–C) groups is 1. The van der Waals surface area contributed by atoms with E-state index in [2.05, 4.69) is 125 Å². The molecule has 0 saturated heterocycles. The lowest BCUT2D eigenvalue weighted by Gasteiger charge is -2.33. The summed E-state index contributed by atoms with van der Waals surface area (Å²) in [6.07, 6.45) is 7.46. The third-order valence-electron chi connectivity index (χ3n) is 9.90. The molecule has 2 unspecified atom stereocenters. The van der Waals surface area contributed by atoms with Crippen LogP contribution < -0.4 is 9.75 Å². The van der Waals surface area contributed by atoms with E-state index in [0.29, 0.717) is 17.5 Å². The third-order valence-corrected chi connectivity index (χ3v) is 11.9. The number of benzene rings is 2. The van der Waals surface area contributed by atoms with Crippen LogP contribution >= 0.6 is 0 Å². The van der Waals surface area contributed by atoms with E-state index in [1.165, 1.54) is 33.5 Å². The molecule has 3 aromatic heterocycles. The molecule has 0 amide bonds. The van der Waals surface area contributed by atoms with E-state index in [1.807, 2.05) is 6.92 Å². The maximum atomic E-state index is 6.58. The Morgan fingerprint density at radius 2 is 1.80 bits per heavy atom. The van der Waals surface area contributed by atoms with Gasteiger partial charge in [-0.3, -0.25) is 4.99 Å². The topological polar surface area (TPSA) is 42.3 Å². The van der Waals surface area contributed by atoms with Crippen LogP contribution in [-0.4, -0.2) is 18.8 Å². The molecule has 5 aromatic rings. The second-order valence-electron chi connectivity index (χ2n) is 15.0. The van der Waals surface area contributed by atoms with Crippen LogP contribution in [0.15, 0.2) is 94.1 Å². The highest BCUT2D eigenvalue weighted by atomic mass is 28.3. The van der Waals surface area contributed by atoms with Crippen LogP contribution in [-0.2, 0) is 6.42 Å². The van der Waals surface area contributed by atoms with Gasteiger partial charge in [0, 0.05) is 50.5 Å². The van der Waals surface area contributed by atoms with Crippen molar-refractivity contribution in [2.24, 2.45) is 4.99 Å². The van der Waals surface area contributed by atoms with Gasteiger partial charge < -0.3 is 4.42 Å². The molecule has 234 valence electrons. The molecule has 0 aliphatic carbocycles. The number of rotatable bonds is 3. The molecule has 2 aliphatic heterocycles. The molecular weight excluding hydrogens is 579 g/mol. The summed E-state index contributed by atoms with van der Waals surface area (Å²) >= 11 is 0. The highest BCUT2D eigenvalue weighted by Gasteiger charge is 2.42. The van der Waals surface area contributed by atoms with Crippen LogP contribution in [0.1, 0.15) is 86.4 Å². The van der Waals surface area contributed by atoms with Gasteiger partial charge in [0.1, 0.15) is 5.58 Å². The highest BCUT2D eigenvalue weighted by molar-refractivity contribution is 6.89. The van der Waals surface area contributed by atoms with Gasteiger partial charge in [0.25, 0.3) is 0 Å². The molecule has 2 aliphatic rings. The van der Waals surface area contributed by atoms with E-state index >= 15 is 0 Å². The van der Waals surface area contributed by atoms with Crippen LogP contribution in [0.3, 0.4) is 0 Å². The number of aromatic nitrogens is 2. The van der Waals surface area contributed by atoms with Gasteiger partial charge in [-0.05, 0) is 80.5 Å². The molecule has 0 N–H and O–H groups in total. The van der Waals surface area contributed by atoms with Crippen molar-refractivity contribution < 1.29 is 8.98 Å². The maximum Gasteiger partial charge on any atom is 0.227 e. The zero-order valence-electron chi connectivity index (χ0n) is 28.7. The Morgan fingerprint density at radius 3 is 2.54 bits per heavy atom. The van der Waals surface area contributed by atoms with Gasteiger partial charge in [0.2, 0.25) is 11.4 Å². The van der Waals surface area contributed by atoms with E-state index in [-0.39, 0.29) is 6.04 Å². The smallest absolute Gasteiger partial charge is 0.227 e. The molecule has 2 aromatic carbocycles. The van der Waals surface area contributed by atoms with Crippen LogP contribution in [0.4, 0.5) is 0 Å². The average Bonchev–Trinajstić information content (AvgIpc) is 3.36. The summed E-state index contributed by atoms with van der Waals surface area (Å²) in [5.41, 5.74) is 13.5. The number of pyridine rings is 2. The van der Waals surface area contributed by atoms with E-state index in [1.54, 1.807) is 5.19 Å². The molecule has 0 fully saturated rings. The quantitative estimate of drug-likeness (QED) is 0.148. The Hall–Kier alpha value is -4.09. The Kier molecular flexibility index (Phi) is 7.51. The van der Waals surface area contributed by atoms with Crippen molar-refractivity contribution in [2.45, 2.75) is 91.4 Å². The van der Waals surface area contributed by atoms with Crippen molar-refractivity contribution in [1.29, 1.82) is 0 Å². The molecule has 0 radical (unpaired) electrons. The first-order chi connectivity index (χ1) is 21.9. The van der Waals surface area contributed by atoms with Crippen LogP contribution in [0.5, 0.6) is 0 Å². The monoisotopic (exact) mass is 624 g/mol. The Bertz CT molecular complexity index is 2100. The first-order valence-corrected chi connectivity index (χ1v) is 20.3. The van der Waals surface area contributed by atoms with Crippen molar-refractivity contribution >= 4 is 41.0 Å². The summed E-state index contributed by atoms with van der Waals surface area (Å²) in [6.45, 7) is 23.0. The lowest BCUT2D eigenvalue weighted by Crippen LogP contribution is -2.54. The molecule has 0 saturated carbocycles. The average molecular weight is 625 g/mol. The van der Waals surface area contributed by atoms with Crippen LogP contribution in [0.25, 0.3) is 33.3 Å². The number of nitrogens with zero attached hydrogens (tertiary/aromatic N) is 3. The zero-order chi connectivity index (χ0) is 32.5. The summed E-state index contributed by atoms with van der Waals surface area (Å²) < 4.78 is 9.20. The van der Waals surface area contributed by atoms with Gasteiger partial charge in [-0.1, -0.05) is 76.0 Å². The molecule has 7 rings (SSSR count). The van der Waals surface area contributed by atoms with E-state index in [9.17, 15) is 0 Å². The molecular formula is C41H46N3OSi+. The number of fused-ring (bicyclic) bond motifs is 11. The molecule has 46 heavy (non-hydrogen) atoms. The molecule has 0 spiro atoms. The minimum Gasteiger partial charge on any atom is -0.437 e. The lowest BCUT2D eigenvalue weighted by atomic mass is 9.77. The van der Waals surface area contributed by atoms with Crippen molar-refractivity contribution in [2.75, 3.05) is 0 Å². The first kappa shape index (κ1) is 30.6. The minimum absolute atomic E-state index is 0.231. The van der Waals surface area contributed by atoms with Gasteiger partial charge >= 0.3 is 0 Å². The molecule has 0 bridgehead atoms. The molecule has 4 nitrogen and oxygen atoms in total. The maximum absolute atomic E-state index is 6.58. The van der Waals surface area contributed by atoms with Crippen molar-refractivity contribution in [3.63, 3.8) is 0 Å². The predicted octanol–water partition coefficient (Wildman–Crippen LogP) is 9.86. The fourth-order valence-corrected chi connectivity index (χ4v) is 9.52. The van der Waals surface area contributed by atoms with E-state index in [4.69, 9.17) is 14.4 Å². The van der Waals surface area contributed by atoms with Crippen molar-refractivity contribution in [3.8, 4) is 11.3 Å². The predicted molar refractivity (Wildman–Crippen MR) is 195 cm³/mol. The number of hydrogen-bond acceptors (Lipinski definition) is 3. The van der Waals surface area contributed by atoms with Crippen LogP contribution in [0, 0.1) is 6.92 Å². The highest BCUT2D eigenvalue weighted by Crippen LogP contribution is 2.45. The Labute approximate surface area is 274 Å². The number of aryl methyl sites for hydroxylation is 2. The Balaban J connectivity index is 1.46. The summed E-state index contributed by atoms with van der Waals surface area (Å²) in [7, 11) is -1.62. The van der Waals surface area contributed by atoms with Gasteiger partial charge in [-0.25, -0.2) is 4.98 Å². The largest absolute Gasteiger partial charge is 0.437 e. The Morgan fingerprint density at radius 1 is 1.04 bits per heavy atom. The van der Waals surface area contributed by atoms with Gasteiger partial charge in [-0.15, -0.1) is 0 Å². The van der Waals surface area contributed by atoms with E-state index in [0.717, 1.165) is 58.3 Å². The zero-order valence-corrected chi connectivity index (χ0v) is 29.7. The minimum atomic E-state index is -1.62. The SMILES string of the molecule is C=C1CC2C(CCc3ccc4c(oc5nc(C)ccc54)c3C(C=C(C)C)=N1)c1ccccc1-c1cc(C(C)C)c([Si](C)(C)C)c[n+]12. The lowest BCUT2D eigenvalue weighted by molar-refractivity contribution is -0.717. The normalized spacial score (nSPS) is 18.1. The van der Waals surface area contributed by atoms with E-state index < -0.39 is 8.07 Å². The second-order valence-corrected chi connectivity index (χ2v) is 20.1. The van der Waals surface area contributed by atoms with Gasteiger partial charge in [0.15, 0.2) is 12.2 Å². The van der Waals surface area contributed by atoms with Crippen molar-refractivity contribution in [1.82, 2.24) is 4.98 Å². The summed E-state index contributed by atoms with van der Waals surface area (Å²) in [4.78, 5) is 10.1. The van der Waals surface area contributed by atoms with Gasteiger partial charge in [-0.2, -0.15) is 4.57 Å². The molecule has 5 heteroatoms. The summed E-state index contributed by atoms with van der Waals surface area (Å²) in [5, 5.41) is 3.69. The standard InChI is InChI=1S/C41H46N3OSi/c1-24(2)20-35-39-28(16-19-32-33-17-14-26(5)43-41(33)45-40(32)39)15-18-31-29-12-10-11-13-30(29)37-22-34(25(3)4)38(46(7,8)9)23-44(37)36(31)21-27(6)42-35/h10-14,16-17,19-20,22-23,25,31,36H,6,15,18,21H2,1-5,7-9H3/q+1.